The number of hydrogen-bond donors (Lipinski definition) is 6. The topological polar surface area (TPSA) is 169 Å². The number of nitrogens with zero attached hydrogens (tertiary/aromatic N) is 3. The van der Waals surface area contributed by atoms with Gasteiger partial charge in [0.05, 0.1) is 31.0 Å². The third kappa shape index (κ3) is 10.7. The van der Waals surface area contributed by atoms with E-state index in [-0.39, 0.29) is 23.0 Å². The minimum atomic E-state index is -0.401. The van der Waals surface area contributed by atoms with E-state index in [9.17, 15) is 10.2 Å². The van der Waals surface area contributed by atoms with Crippen LogP contribution in [0.2, 0.25) is 0 Å². The highest BCUT2D eigenvalue weighted by Gasteiger charge is 2.23. The van der Waals surface area contributed by atoms with Gasteiger partial charge in [0.15, 0.2) is 0 Å². The quantitative estimate of drug-likeness (QED) is 0.0596. The zero-order chi connectivity index (χ0) is 32.3. The average molecular weight is 620 g/mol. The lowest BCUT2D eigenvalue weighted by Gasteiger charge is -2.29. The molecule has 0 bridgehead atoms. The molecule has 0 spiro atoms. The van der Waals surface area contributed by atoms with Crippen LogP contribution >= 0.6 is 0 Å². The molecule has 0 saturated heterocycles. The van der Waals surface area contributed by atoms with Gasteiger partial charge >= 0.3 is 0 Å². The first-order valence-electron chi connectivity index (χ1n) is 15.1. The maximum absolute atomic E-state index is 10.3. The van der Waals surface area contributed by atoms with Crippen molar-refractivity contribution in [1.29, 1.82) is 0 Å². The summed E-state index contributed by atoms with van der Waals surface area (Å²) >= 11 is 0. The molecule has 1 heterocycles. The second-order valence-corrected chi connectivity index (χ2v) is 11.8. The van der Waals surface area contributed by atoms with Gasteiger partial charge in [-0.25, -0.2) is 0 Å². The fourth-order valence-electron chi connectivity index (χ4n) is 4.50. The largest absolute Gasteiger partial charge is 0.508 e. The number of fused-ring (bicyclic) bond motifs is 1. The molecule has 0 atom stereocenters. The Bertz CT molecular complexity index is 1530. The molecule has 0 unspecified atom stereocenters. The second-order valence-electron chi connectivity index (χ2n) is 11.8. The summed E-state index contributed by atoms with van der Waals surface area (Å²) in [6, 6.07) is 17.6. The van der Waals surface area contributed by atoms with Crippen molar-refractivity contribution in [1.82, 2.24) is 15.0 Å². The van der Waals surface area contributed by atoms with Gasteiger partial charge in [-0.3, -0.25) is 0 Å². The predicted octanol–water partition coefficient (Wildman–Crippen LogP) is 5.68. The van der Waals surface area contributed by atoms with Gasteiger partial charge in [0, 0.05) is 47.9 Å². The monoisotopic (exact) mass is 619 g/mol. The Morgan fingerprint density at radius 1 is 0.711 bits per heavy atom. The number of nitrogens with one attached hydrogen (secondary N) is 3. The zero-order valence-electron chi connectivity index (χ0n) is 26.5. The number of hydrogen-bond acceptors (Lipinski definition) is 12. The second kappa shape index (κ2) is 15.7. The Morgan fingerprint density at radius 3 is 2.11 bits per heavy atom. The van der Waals surface area contributed by atoms with E-state index in [1.54, 1.807) is 36.4 Å². The van der Waals surface area contributed by atoms with Crippen LogP contribution in [0.15, 0.2) is 60.7 Å². The van der Waals surface area contributed by atoms with E-state index in [0.717, 1.165) is 23.9 Å². The molecular weight excluding hydrogens is 574 g/mol. The SMILES string of the molecule is CC(C)(CCOCCN)OCCC(C)(C)OCCNc1nc(Nc2cccc(O)c2)nc(Nc2ccc(O)c3ccccc23)n1. The van der Waals surface area contributed by atoms with Gasteiger partial charge < -0.3 is 46.1 Å². The molecule has 0 aliphatic carbocycles. The normalized spacial score (nSPS) is 11.9. The van der Waals surface area contributed by atoms with Gasteiger partial charge in [0.2, 0.25) is 17.8 Å². The maximum atomic E-state index is 10.3. The van der Waals surface area contributed by atoms with Crippen molar-refractivity contribution in [2.24, 2.45) is 5.73 Å². The fourth-order valence-corrected chi connectivity index (χ4v) is 4.50. The van der Waals surface area contributed by atoms with Crippen molar-refractivity contribution in [2.75, 3.05) is 55.5 Å². The van der Waals surface area contributed by atoms with Gasteiger partial charge in [-0.2, -0.15) is 15.0 Å². The summed E-state index contributed by atoms with van der Waals surface area (Å²) in [6.45, 7) is 11.3. The highest BCUT2D eigenvalue weighted by Crippen LogP contribution is 2.32. The van der Waals surface area contributed by atoms with Gasteiger partial charge in [-0.05, 0) is 64.8 Å². The summed E-state index contributed by atoms with van der Waals surface area (Å²) in [7, 11) is 0. The van der Waals surface area contributed by atoms with Crippen LogP contribution in [0.4, 0.5) is 29.2 Å². The molecule has 242 valence electrons. The third-order valence-corrected chi connectivity index (χ3v) is 7.07. The summed E-state index contributed by atoms with van der Waals surface area (Å²) in [6.07, 6.45) is 1.50. The third-order valence-electron chi connectivity index (χ3n) is 7.07. The number of rotatable bonds is 18. The molecule has 0 radical (unpaired) electrons. The number of aromatic hydroxyl groups is 2. The van der Waals surface area contributed by atoms with E-state index in [4.69, 9.17) is 19.9 Å². The molecule has 0 fully saturated rings. The molecule has 1 aromatic heterocycles. The number of benzene rings is 3. The number of anilines is 5. The maximum Gasteiger partial charge on any atom is 0.233 e. The number of nitrogens with two attached hydrogens (primary N) is 1. The molecular formula is C33H45N7O5. The van der Waals surface area contributed by atoms with Crippen molar-refractivity contribution in [3.05, 3.63) is 60.7 Å². The molecule has 12 heteroatoms. The fraction of sp³-hybridized carbons (Fsp3) is 0.424. The number of phenolic OH excluding ortho intramolecular Hbond substituents is 2. The van der Waals surface area contributed by atoms with Crippen LogP contribution in [0, 0.1) is 0 Å². The molecule has 7 N–H and O–H groups in total. The van der Waals surface area contributed by atoms with Crippen LogP contribution in [-0.2, 0) is 14.2 Å². The molecule has 4 aromatic rings. The first kappa shape index (κ1) is 33.7. The van der Waals surface area contributed by atoms with Crippen LogP contribution in [0.1, 0.15) is 40.5 Å². The van der Waals surface area contributed by atoms with E-state index < -0.39 is 5.60 Å². The number of ether oxygens (including phenoxy) is 3. The number of phenols is 2. The Morgan fingerprint density at radius 2 is 1.38 bits per heavy atom. The van der Waals surface area contributed by atoms with E-state index in [1.807, 2.05) is 38.1 Å². The van der Waals surface area contributed by atoms with Crippen LogP contribution in [0.25, 0.3) is 10.8 Å². The highest BCUT2D eigenvalue weighted by molar-refractivity contribution is 5.98. The minimum Gasteiger partial charge on any atom is -0.508 e. The van der Waals surface area contributed by atoms with Gasteiger partial charge in [0.1, 0.15) is 11.5 Å². The minimum absolute atomic E-state index is 0.117. The van der Waals surface area contributed by atoms with Crippen molar-refractivity contribution in [3.63, 3.8) is 0 Å². The molecule has 45 heavy (non-hydrogen) atoms. The Hall–Kier alpha value is -4.23. The zero-order valence-corrected chi connectivity index (χ0v) is 26.5. The smallest absolute Gasteiger partial charge is 0.233 e. The average Bonchev–Trinajstić information content (AvgIpc) is 2.99. The Kier molecular flexibility index (Phi) is 11.7. The summed E-state index contributed by atoms with van der Waals surface area (Å²) in [5.41, 5.74) is 6.12. The van der Waals surface area contributed by atoms with Crippen LogP contribution < -0.4 is 21.7 Å². The van der Waals surface area contributed by atoms with Crippen LogP contribution in [0.3, 0.4) is 0 Å². The molecule has 0 aliphatic heterocycles. The highest BCUT2D eigenvalue weighted by atomic mass is 16.5. The van der Waals surface area contributed by atoms with E-state index in [2.05, 4.69) is 44.7 Å². The molecule has 3 aromatic carbocycles. The van der Waals surface area contributed by atoms with Crippen LogP contribution in [-0.4, -0.2) is 75.9 Å². The predicted molar refractivity (Wildman–Crippen MR) is 178 cm³/mol. The summed E-state index contributed by atoms with van der Waals surface area (Å²) in [5, 5.41) is 31.4. The lowest BCUT2D eigenvalue weighted by atomic mass is 10.0. The summed E-state index contributed by atoms with van der Waals surface area (Å²) < 4.78 is 17.8. The van der Waals surface area contributed by atoms with Gasteiger partial charge in [-0.1, -0.05) is 30.3 Å². The van der Waals surface area contributed by atoms with Crippen molar-refractivity contribution in [3.8, 4) is 11.5 Å². The number of aromatic nitrogens is 3. The van der Waals surface area contributed by atoms with Crippen molar-refractivity contribution in [2.45, 2.75) is 51.7 Å². The summed E-state index contributed by atoms with van der Waals surface area (Å²) in [4.78, 5) is 13.6. The van der Waals surface area contributed by atoms with Crippen molar-refractivity contribution < 1.29 is 24.4 Å². The molecule has 12 nitrogen and oxygen atoms in total. The molecule has 4 rings (SSSR count). The van der Waals surface area contributed by atoms with Gasteiger partial charge in [0.25, 0.3) is 0 Å². The van der Waals surface area contributed by atoms with Gasteiger partial charge in [-0.15, -0.1) is 0 Å². The Balaban J connectivity index is 1.38. The van der Waals surface area contributed by atoms with E-state index >= 15 is 0 Å². The van der Waals surface area contributed by atoms with E-state index in [0.29, 0.717) is 62.5 Å². The van der Waals surface area contributed by atoms with Crippen LogP contribution in [0.5, 0.6) is 11.5 Å². The standard InChI is InChI=1S/C33H45N7O5/c1-32(2,14-18-43-20-16-34)44-19-15-33(3,4)45-21-17-35-29-38-30(36-23-8-7-9-24(41)22-23)40-31(39-29)37-27-12-13-28(42)26-11-6-5-10-25(26)27/h5-13,22,41-42H,14-21,34H2,1-4H3,(H3,35,36,37,38,39,40). The molecule has 0 amide bonds. The Labute approximate surface area is 264 Å². The lowest BCUT2D eigenvalue weighted by molar-refractivity contribution is -0.0784. The first-order chi connectivity index (χ1) is 21.5. The molecule has 0 aliphatic rings. The summed E-state index contributed by atoms with van der Waals surface area (Å²) in [5.74, 6) is 1.21. The van der Waals surface area contributed by atoms with E-state index in [1.165, 1.54) is 0 Å². The first-order valence-corrected chi connectivity index (χ1v) is 15.1. The lowest BCUT2D eigenvalue weighted by Crippen LogP contribution is -2.33. The molecule has 0 saturated carbocycles. The van der Waals surface area contributed by atoms with Crippen molar-refractivity contribution >= 4 is 40.0 Å².